The van der Waals surface area contributed by atoms with Crippen LogP contribution in [0, 0.1) is 5.82 Å². The van der Waals surface area contributed by atoms with Gasteiger partial charge in [0.05, 0.1) is 21.7 Å². The molecule has 10 heteroatoms. The first-order valence-electron chi connectivity index (χ1n) is 13.8. The van der Waals surface area contributed by atoms with Crippen molar-refractivity contribution in [3.63, 3.8) is 0 Å². The maximum Gasteiger partial charge on any atom is 0.228 e. The summed E-state index contributed by atoms with van der Waals surface area (Å²) in [5, 5.41) is 6.09. The Morgan fingerprint density at radius 1 is 0.976 bits per heavy atom. The van der Waals surface area contributed by atoms with Gasteiger partial charge in [0.15, 0.2) is 5.82 Å². The number of aromatic nitrogens is 2. The maximum atomic E-state index is 13.4. The number of ether oxygens (including phenoxy) is 1. The molecule has 0 bridgehead atoms. The Hall–Kier alpha value is -4.05. The summed E-state index contributed by atoms with van der Waals surface area (Å²) < 4.78 is 20.3. The average Bonchev–Trinajstić information content (AvgIpc) is 3.67. The van der Waals surface area contributed by atoms with Crippen LogP contribution in [0.5, 0.6) is 5.75 Å². The van der Waals surface area contributed by atoms with Crippen LogP contribution in [-0.4, -0.2) is 47.0 Å². The molecule has 0 atom stereocenters. The predicted molar refractivity (Wildman–Crippen MR) is 167 cm³/mol. The van der Waals surface area contributed by atoms with Crippen LogP contribution in [0.15, 0.2) is 79.1 Å². The Balaban J connectivity index is 1.08. The van der Waals surface area contributed by atoms with Crippen molar-refractivity contribution in [2.24, 2.45) is 0 Å². The number of likely N-dealkylation sites (tertiary alicyclic amines) is 1. The average molecular weight is 602 g/mol. The number of hydrogen-bond donors (Lipinski definition) is 2. The number of amides is 1. The molecule has 7 nitrogen and oxygen atoms in total. The van der Waals surface area contributed by atoms with Crippen molar-refractivity contribution in [2.75, 3.05) is 36.9 Å². The summed E-state index contributed by atoms with van der Waals surface area (Å²) in [6.07, 6.45) is 4.30. The van der Waals surface area contributed by atoms with Gasteiger partial charge in [-0.05, 0) is 97.7 Å². The minimum absolute atomic E-state index is 0.0361. The molecule has 2 N–H and O–H groups in total. The van der Waals surface area contributed by atoms with E-state index in [1.54, 1.807) is 17.7 Å². The van der Waals surface area contributed by atoms with E-state index in [-0.39, 0.29) is 17.4 Å². The molecule has 0 saturated carbocycles. The van der Waals surface area contributed by atoms with Crippen molar-refractivity contribution in [1.82, 2.24) is 14.9 Å². The molecule has 2 aromatic heterocycles. The molecule has 3 aromatic carbocycles. The summed E-state index contributed by atoms with van der Waals surface area (Å²) in [4.78, 5) is 24.9. The third kappa shape index (κ3) is 6.87. The topological polar surface area (TPSA) is 79.4 Å². The lowest BCUT2D eigenvalue weighted by atomic mass is 10.1. The Labute approximate surface area is 252 Å². The summed E-state index contributed by atoms with van der Waals surface area (Å²) in [5.41, 5.74) is 4.09. The number of carbonyl (C=O) groups excluding carboxylic acids is 1. The second-order valence-electron chi connectivity index (χ2n) is 10.1. The molecule has 0 aliphatic carbocycles. The molecule has 0 unspecified atom stereocenters. The van der Waals surface area contributed by atoms with Gasteiger partial charge in [-0.2, -0.15) is 0 Å². The number of rotatable bonds is 10. The molecular weight excluding hydrogens is 573 g/mol. The number of nitrogens with zero attached hydrogens (tertiary/aromatic N) is 3. The van der Waals surface area contributed by atoms with Crippen LogP contribution >= 0.6 is 22.9 Å². The van der Waals surface area contributed by atoms with E-state index in [1.165, 1.54) is 44.1 Å². The van der Waals surface area contributed by atoms with Crippen LogP contribution in [0.4, 0.5) is 21.6 Å². The highest BCUT2D eigenvalue weighted by atomic mass is 35.5. The van der Waals surface area contributed by atoms with E-state index in [4.69, 9.17) is 16.3 Å². The SMILES string of the molecule is O=C(Cc1ccc(Nc2ncnc3cc(-c4ccc(OCCN5CCCC5)cc4)sc23)cc1)Nc1ccc(F)c(Cl)c1. The lowest BCUT2D eigenvalue weighted by molar-refractivity contribution is -0.115. The highest BCUT2D eigenvalue weighted by molar-refractivity contribution is 7.22. The Morgan fingerprint density at radius 3 is 2.50 bits per heavy atom. The maximum absolute atomic E-state index is 13.4. The fourth-order valence-electron chi connectivity index (χ4n) is 4.91. The standard InChI is InChI=1S/C32H29ClFN5O2S/c33-26-18-24(9-12-27(26)34)37-30(40)17-21-3-7-23(8-4-21)38-32-31-28(35-20-36-32)19-29(42-31)22-5-10-25(11-6-22)41-16-15-39-13-1-2-14-39/h3-12,18-20H,1-2,13-17H2,(H,37,40)(H,35,36,38). The normalized spacial score (nSPS) is 13.4. The van der Waals surface area contributed by atoms with Gasteiger partial charge in [0.2, 0.25) is 5.91 Å². The zero-order chi connectivity index (χ0) is 28.9. The minimum atomic E-state index is -0.528. The van der Waals surface area contributed by atoms with E-state index in [9.17, 15) is 9.18 Å². The Morgan fingerprint density at radius 2 is 1.74 bits per heavy atom. The van der Waals surface area contributed by atoms with E-state index in [2.05, 4.69) is 43.7 Å². The van der Waals surface area contributed by atoms with Crippen molar-refractivity contribution < 1.29 is 13.9 Å². The zero-order valence-electron chi connectivity index (χ0n) is 22.8. The van der Waals surface area contributed by atoms with Gasteiger partial charge in [-0.3, -0.25) is 9.69 Å². The van der Waals surface area contributed by atoms with Crippen LogP contribution in [0.25, 0.3) is 20.7 Å². The van der Waals surface area contributed by atoms with Gasteiger partial charge in [-0.15, -0.1) is 11.3 Å². The largest absolute Gasteiger partial charge is 0.492 e. The number of benzene rings is 3. The van der Waals surface area contributed by atoms with Gasteiger partial charge in [-0.25, -0.2) is 14.4 Å². The molecule has 1 fully saturated rings. The summed E-state index contributed by atoms with van der Waals surface area (Å²) in [5.74, 6) is 0.850. The van der Waals surface area contributed by atoms with Crippen LogP contribution < -0.4 is 15.4 Å². The molecule has 0 radical (unpaired) electrons. The molecule has 5 aromatic rings. The molecule has 1 amide bonds. The minimum Gasteiger partial charge on any atom is -0.492 e. The van der Waals surface area contributed by atoms with Gasteiger partial charge >= 0.3 is 0 Å². The summed E-state index contributed by atoms with van der Waals surface area (Å²) >= 11 is 7.43. The molecule has 1 aliphatic heterocycles. The van der Waals surface area contributed by atoms with E-state index in [1.807, 2.05) is 36.4 Å². The first-order valence-corrected chi connectivity index (χ1v) is 15.0. The molecule has 1 saturated heterocycles. The number of halogens is 2. The first kappa shape index (κ1) is 28.1. The van der Waals surface area contributed by atoms with Gasteiger partial charge < -0.3 is 15.4 Å². The molecule has 42 heavy (non-hydrogen) atoms. The zero-order valence-corrected chi connectivity index (χ0v) is 24.4. The summed E-state index contributed by atoms with van der Waals surface area (Å²) in [7, 11) is 0. The fraction of sp³-hybridized carbons (Fsp3) is 0.219. The Kier molecular flexibility index (Phi) is 8.60. The fourth-order valence-corrected chi connectivity index (χ4v) is 6.15. The van der Waals surface area contributed by atoms with Crippen molar-refractivity contribution in [1.29, 1.82) is 0 Å². The third-order valence-electron chi connectivity index (χ3n) is 7.11. The number of fused-ring (bicyclic) bond motifs is 1. The van der Waals surface area contributed by atoms with Gasteiger partial charge in [0, 0.05) is 22.8 Å². The van der Waals surface area contributed by atoms with Gasteiger partial charge in [-0.1, -0.05) is 23.7 Å². The van der Waals surface area contributed by atoms with Crippen molar-refractivity contribution in [2.45, 2.75) is 19.3 Å². The number of hydrogen-bond acceptors (Lipinski definition) is 7. The van der Waals surface area contributed by atoms with Crippen molar-refractivity contribution >= 4 is 56.3 Å². The van der Waals surface area contributed by atoms with Crippen LogP contribution in [0.3, 0.4) is 0 Å². The highest BCUT2D eigenvalue weighted by Crippen LogP contribution is 2.37. The van der Waals surface area contributed by atoms with E-state index in [0.29, 0.717) is 12.3 Å². The molecule has 6 rings (SSSR count). The van der Waals surface area contributed by atoms with Gasteiger partial charge in [0.25, 0.3) is 0 Å². The predicted octanol–water partition coefficient (Wildman–Crippen LogP) is 7.55. The molecule has 0 spiro atoms. The lowest BCUT2D eigenvalue weighted by Crippen LogP contribution is -2.25. The smallest absolute Gasteiger partial charge is 0.228 e. The number of carbonyl (C=O) groups is 1. The quantitative estimate of drug-likeness (QED) is 0.172. The van der Waals surface area contributed by atoms with Crippen LogP contribution in [0.2, 0.25) is 5.02 Å². The number of nitrogens with one attached hydrogen (secondary N) is 2. The number of thiophene rings is 1. The molecule has 214 valence electrons. The summed E-state index contributed by atoms with van der Waals surface area (Å²) in [6, 6.07) is 21.9. The van der Waals surface area contributed by atoms with Crippen molar-refractivity contribution in [3.8, 4) is 16.2 Å². The lowest BCUT2D eigenvalue weighted by Gasteiger charge is -2.14. The summed E-state index contributed by atoms with van der Waals surface area (Å²) in [6.45, 7) is 4.02. The molecular formula is C32H29ClFN5O2S. The molecule has 1 aliphatic rings. The van der Waals surface area contributed by atoms with Crippen LogP contribution in [0.1, 0.15) is 18.4 Å². The second-order valence-corrected chi connectivity index (χ2v) is 11.6. The van der Waals surface area contributed by atoms with Crippen LogP contribution in [-0.2, 0) is 11.2 Å². The van der Waals surface area contributed by atoms with E-state index < -0.39 is 5.82 Å². The highest BCUT2D eigenvalue weighted by Gasteiger charge is 2.13. The van der Waals surface area contributed by atoms with E-state index in [0.717, 1.165) is 50.0 Å². The monoisotopic (exact) mass is 601 g/mol. The van der Waals surface area contributed by atoms with Crippen molar-refractivity contribution in [3.05, 3.63) is 95.5 Å². The third-order valence-corrected chi connectivity index (χ3v) is 8.58. The first-order chi connectivity index (χ1) is 20.5. The van der Waals surface area contributed by atoms with Gasteiger partial charge in [0.1, 0.15) is 24.5 Å². The van der Waals surface area contributed by atoms with E-state index >= 15 is 0 Å². The Bertz CT molecular complexity index is 1690. The second kappa shape index (κ2) is 12.9. The molecule has 3 heterocycles. The number of anilines is 3.